The number of hydrogen-bond acceptors (Lipinski definition) is 3. The Hall–Kier alpha value is -1.79. The molecule has 26 heavy (non-hydrogen) atoms. The summed E-state index contributed by atoms with van der Waals surface area (Å²) < 4.78 is 0. The molecule has 2 aliphatic rings. The van der Waals surface area contributed by atoms with Gasteiger partial charge in [0.2, 0.25) is 5.91 Å². The van der Waals surface area contributed by atoms with E-state index in [9.17, 15) is 19.5 Å². The van der Waals surface area contributed by atoms with Gasteiger partial charge in [0.25, 0.3) is 0 Å². The van der Waals surface area contributed by atoms with Crippen molar-refractivity contribution in [3.8, 4) is 0 Å². The molecule has 7 nitrogen and oxygen atoms in total. The molecule has 0 bridgehead atoms. The van der Waals surface area contributed by atoms with Crippen LogP contribution >= 0.6 is 0 Å². The van der Waals surface area contributed by atoms with Crippen molar-refractivity contribution in [2.24, 2.45) is 22.7 Å². The van der Waals surface area contributed by atoms with Gasteiger partial charge in [-0.2, -0.15) is 0 Å². The molecule has 0 aromatic carbocycles. The van der Waals surface area contributed by atoms with E-state index >= 15 is 0 Å². The van der Waals surface area contributed by atoms with Crippen molar-refractivity contribution in [2.75, 3.05) is 6.54 Å². The molecule has 1 aliphatic carbocycles. The van der Waals surface area contributed by atoms with E-state index in [0.717, 1.165) is 0 Å². The number of fused-ring (bicyclic) bond motifs is 1. The Kier molecular flexibility index (Phi) is 4.84. The minimum atomic E-state index is -0.969. The molecule has 1 heterocycles. The normalized spacial score (nSPS) is 28.2. The second-order valence-electron chi connectivity index (χ2n) is 10.4. The fraction of sp³-hybridized carbons (Fsp3) is 0.842. The van der Waals surface area contributed by atoms with Crippen LogP contribution < -0.4 is 10.6 Å². The van der Waals surface area contributed by atoms with Crippen molar-refractivity contribution in [3.63, 3.8) is 0 Å². The first-order valence-electron chi connectivity index (χ1n) is 9.19. The smallest absolute Gasteiger partial charge is 0.326 e. The van der Waals surface area contributed by atoms with Gasteiger partial charge in [0.05, 0.1) is 0 Å². The Bertz CT molecular complexity index is 615. The van der Waals surface area contributed by atoms with E-state index in [1.165, 1.54) is 4.90 Å². The molecular weight excluding hydrogens is 336 g/mol. The van der Waals surface area contributed by atoms with Crippen LogP contribution in [0, 0.1) is 22.7 Å². The van der Waals surface area contributed by atoms with Crippen molar-refractivity contribution < 1.29 is 19.5 Å². The Morgan fingerprint density at radius 3 is 2.15 bits per heavy atom. The second-order valence-corrected chi connectivity index (χ2v) is 10.4. The number of hydrogen-bond donors (Lipinski definition) is 3. The minimum Gasteiger partial charge on any atom is -0.480 e. The fourth-order valence-electron chi connectivity index (χ4n) is 4.12. The summed E-state index contributed by atoms with van der Waals surface area (Å²) in [7, 11) is 0. The molecule has 0 aromatic heterocycles. The van der Waals surface area contributed by atoms with Crippen molar-refractivity contribution in [2.45, 2.75) is 73.0 Å². The maximum Gasteiger partial charge on any atom is 0.326 e. The Morgan fingerprint density at radius 2 is 1.73 bits per heavy atom. The van der Waals surface area contributed by atoms with Crippen molar-refractivity contribution in [3.05, 3.63) is 0 Å². The first-order chi connectivity index (χ1) is 11.6. The summed E-state index contributed by atoms with van der Waals surface area (Å²) in [5, 5.41) is 15.2. The number of carboxylic acid groups (broad SMARTS) is 1. The minimum absolute atomic E-state index is 0.0204. The second kappa shape index (κ2) is 6.13. The Morgan fingerprint density at radius 1 is 1.19 bits per heavy atom. The number of nitrogens with one attached hydrogen (secondary N) is 2. The standard InChI is InChI=1S/C19H33N3O4/c1-17(2,3)13(20-16(26)21-18(4,5)6)14(23)22-9-10-11(19(10,7)8)12(22)15(24)25/h10-13H,9H2,1-8H3,(H,24,25)(H2,20,21,26)/t10-,11-,12-,13+/m0/s1/i14+2. The van der Waals surface area contributed by atoms with Gasteiger partial charge < -0.3 is 20.6 Å². The van der Waals surface area contributed by atoms with Gasteiger partial charge in [-0.25, -0.2) is 9.59 Å². The average Bonchev–Trinajstić information content (AvgIpc) is 2.81. The number of carbonyl (C=O) groups is 3. The van der Waals surface area contributed by atoms with Crippen molar-refractivity contribution in [1.29, 1.82) is 0 Å². The van der Waals surface area contributed by atoms with Crippen LogP contribution in [0.2, 0.25) is 0 Å². The van der Waals surface area contributed by atoms with E-state index in [1.807, 2.05) is 41.5 Å². The van der Waals surface area contributed by atoms with Gasteiger partial charge in [-0.05, 0) is 37.5 Å². The number of rotatable bonds is 3. The van der Waals surface area contributed by atoms with Crippen LogP contribution in [-0.2, 0) is 9.59 Å². The summed E-state index contributed by atoms with van der Waals surface area (Å²) in [6.07, 6.45) is 0. The zero-order valence-electron chi connectivity index (χ0n) is 17.1. The summed E-state index contributed by atoms with van der Waals surface area (Å²) in [6.45, 7) is 15.7. The molecule has 3 N–H and O–H groups in total. The maximum absolute atomic E-state index is 13.2. The number of urea groups is 1. The highest BCUT2D eigenvalue weighted by atomic mass is 16.4. The van der Waals surface area contributed by atoms with Crippen LogP contribution in [0.5, 0.6) is 0 Å². The Balaban J connectivity index is 2.20. The number of likely N-dealkylation sites (tertiary alicyclic amines) is 1. The van der Waals surface area contributed by atoms with Gasteiger partial charge in [0.15, 0.2) is 0 Å². The molecule has 148 valence electrons. The molecule has 0 aromatic rings. The molecule has 2 fully saturated rings. The average molecular weight is 369 g/mol. The quantitative estimate of drug-likeness (QED) is 0.709. The highest BCUT2D eigenvalue weighted by Gasteiger charge is 2.70. The van der Waals surface area contributed by atoms with Crippen LogP contribution in [0.1, 0.15) is 55.4 Å². The molecule has 2 rings (SSSR count). The molecule has 0 radical (unpaired) electrons. The number of amides is 3. The molecule has 1 saturated heterocycles. The molecule has 0 unspecified atom stereocenters. The fourth-order valence-corrected chi connectivity index (χ4v) is 4.12. The lowest BCUT2D eigenvalue weighted by Gasteiger charge is -2.37. The lowest BCUT2D eigenvalue weighted by molar-refractivity contribution is -0.152. The lowest BCUT2D eigenvalue weighted by atomic mass is 9.92. The Labute approximate surface area is 155 Å². The van der Waals surface area contributed by atoms with Gasteiger partial charge in [0, 0.05) is 18.0 Å². The van der Waals surface area contributed by atoms with Crippen molar-refractivity contribution in [1.82, 2.24) is 15.5 Å². The molecule has 0 spiro atoms. The molecule has 4 atom stereocenters. The molecular formula is C19H33N3O4. The molecule has 1 saturated carbocycles. The number of nitrogens with zero attached hydrogens (tertiary/aromatic N) is 1. The number of carboxylic acids is 1. The van der Waals surface area contributed by atoms with Crippen LogP contribution in [0.25, 0.3) is 0 Å². The number of aliphatic carboxylic acids is 1. The van der Waals surface area contributed by atoms with Gasteiger partial charge >= 0.3 is 12.0 Å². The summed E-state index contributed by atoms with van der Waals surface area (Å²) in [6, 6.07) is -2.05. The third-order valence-corrected chi connectivity index (χ3v) is 5.62. The highest BCUT2D eigenvalue weighted by Crippen LogP contribution is 2.64. The summed E-state index contributed by atoms with van der Waals surface area (Å²) in [5.41, 5.74) is -1.02. The van der Waals surface area contributed by atoms with E-state index in [1.54, 1.807) is 0 Å². The van der Waals surface area contributed by atoms with Gasteiger partial charge in [0.1, 0.15) is 12.1 Å². The van der Waals surface area contributed by atoms with Crippen molar-refractivity contribution >= 4 is 17.9 Å². The predicted molar refractivity (Wildman–Crippen MR) is 98.6 cm³/mol. The molecule has 3 amide bonds. The first-order valence-corrected chi connectivity index (χ1v) is 9.19. The summed E-state index contributed by atoms with van der Waals surface area (Å²) in [5.74, 6) is -1.11. The summed E-state index contributed by atoms with van der Waals surface area (Å²) in [4.78, 5) is 38.8. The summed E-state index contributed by atoms with van der Waals surface area (Å²) >= 11 is 0. The number of carbonyl (C=O) groups excluding carboxylic acids is 2. The number of piperidine rings is 1. The SMILES string of the molecule is CC(C)(C)NC(=O)N[C@H]([14C](=O)N1C[C@H]2[C@@H]([C@H]1C(=O)O)C2(C)C)C(C)(C)C. The van der Waals surface area contributed by atoms with E-state index in [-0.39, 0.29) is 23.2 Å². The lowest BCUT2D eigenvalue weighted by Crippen LogP contribution is -2.60. The van der Waals surface area contributed by atoms with Crippen LogP contribution in [0.4, 0.5) is 4.79 Å². The topological polar surface area (TPSA) is 98.7 Å². The highest BCUT2D eigenvalue weighted by molar-refractivity contribution is 5.92. The van der Waals surface area contributed by atoms with Crippen LogP contribution in [0.3, 0.4) is 0 Å². The third kappa shape index (κ3) is 3.81. The van der Waals surface area contributed by atoms with Crippen LogP contribution in [0.15, 0.2) is 0 Å². The van der Waals surface area contributed by atoms with Gasteiger partial charge in [-0.3, -0.25) is 4.79 Å². The molecule has 1 aliphatic heterocycles. The van der Waals surface area contributed by atoms with E-state index in [0.29, 0.717) is 6.54 Å². The van der Waals surface area contributed by atoms with E-state index < -0.39 is 35.0 Å². The monoisotopic (exact) mass is 369 g/mol. The van der Waals surface area contributed by atoms with E-state index in [4.69, 9.17) is 0 Å². The zero-order valence-corrected chi connectivity index (χ0v) is 17.1. The zero-order chi connectivity index (χ0) is 20.2. The van der Waals surface area contributed by atoms with Gasteiger partial charge in [-0.1, -0.05) is 34.6 Å². The molecule has 7 heteroatoms. The van der Waals surface area contributed by atoms with Gasteiger partial charge in [-0.15, -0.1) is 0 Å². The third-order valence-electron chi connectivity index (χ3n) is 5.62. The first kappa shape index (κ1) is 20.5. The largest absolute Gasteiger partial charge is 0.480 e. The predicted octanol–water partition coefficient (Wildman–Crippen LogP) is 2.07. The maximum atomic E-state index is 13.2. The van der Waals surface area contributed by atoms with E-state index in [2.05, 4.69) is 24.5 Å². The van der Waals surface area contributed by atoms with Crippen LogP contribution in [-0.4, -0.2) is 52.1 Å².